The van der Waals surface area contributed by atoms with Crippen LogP contribution < -0.4 is 5.32 Å². The number of aliphatic hydroxyl groups is 1. The monoisotopic (exact) mass is 473 g/mol. The summed E-state index contributed by atoms with van der Waals surface area (Å²) >= 11 is 12.9. The van der Waals surface area contributed by atoms with E-state index in [9.17, 15) is 14.7 Å². The van der Waals surface area contributed by atoms with Crippen molar-refractivity contribution < 1.29 is 24.2 Å². The van der Waals surface area contributed by atoms with Gasteiger partial charge < -0.3 is 19.9 Å². The van der Waals surface area contributed by atoms with Gasteiger partial charge in [-0.1, -0.05) is 50.1 Å². The molecule has 5 unspecified atom stereocenters. The van der Waals surface area contributed by atoms with Gasteiger partial charge in [0.05, 0.1) is 35.5 Å². The molecule has 0 heterocycles. The van der Waals surface area contributed by atoms with Gasteiger partial charge in [-0.2, -0.15) is 0 Å². The highest BCUT2D eigenvalue weighted by Gasteiger charge is 2.46. The fraction of sp³-hybridized carbons (Fsp3) is 0.652. The molecule has 0 bridgehead atoms. The van der Waals surface area contributed by atoms with Crippen LogP contribution in [0.4, 0.5) is 0 Å². The first-order valence-electron chi connectivity index (χ1n) is 11.0. The van der Waals surface area contributed by atoms with Crippen molar-refractivity contribution in [1.82, 2.24) is 5.32 Å². The molecule has 1 saturated carbocycles. The summed E-state index contributed by atoms with van der Waals surface area (Å²) in [7, 11) is 0. The summed E-state index contributed by atoms with van der Waals surface area (Å²) in [5, 5.41) is 12.1. The molecule has 6 atom stereocenters. The Morgan fingerprint density at radius 1 is 1.19 bits per heavy atom. The number of benzene rings is 1. The maximum absolute atomic E-state index is 13.0. The largest absolute Gasteiger partial charge is 0.464 e. The van der Waals surface area contributed by atoms with Crippen molar-refractivity contribution in [1.29, 1.82) is 0 Å². The smallest absolute Gasteiger partial charge is 0.328 e. The van der Waals surface area contributed by atoms with Crippen LogP contribution in [0.3, 0.4) is 0 Å². The molecule has 0 radical (unpaired) electrons. The quantitative estimate of drug-likeness (QED) is 0.292. The van der Waals surface area contributed by atoms with Crippen LogP contribution >= 0.6 is 23.2 Å². The molecule has 0 saturated heterocycles. The SMILES string of the molecule is CCCCCOC1C(Cl)CC(C(=O)N[C@@H](Cc2ccccc2)C(=O)OCC)C(O)C1Cl. The van der Waals surface area contributed by atoms with Gasteiger partial charge in [-0.05, 0) is 25.3 Å². The van der Waals surface area contributed by atoms with Crippen molar-refractivity contribution in [2.45, 2.75) is 75.0 Å². The Hall–Kier alpha value is -1.34. The Balaban J connectivity index is 2.03. The van der Waals surface area contributed by atoms with E-state index in [2.05, 4.69) is 12.2 Å². The second-order valence-electron chi connectivity index (χ2n) is 7.84. The molecule has 31 heavy (non-hydrogen) atoms. The number of amides is 1. The summed E-state index contributed by atoms with van der Waals surface area (Å²) in [6, 6.07) is 8.48. The molecule has 1 aromatic carbocycles. The summed E-state index contributed by atoms with van der Waals surface area (Å²) < 4.78 is 10.9. The van der Waals surface area contributed by atoms with Gasteiger partial charge >= 0.3 is 5.97 Å². The van der Waals surface area contributed by atoms with Crippen molar-refractivity contribution >= 4 is 35.1 Å². The van der Waals surface area contributed by atoms with Gasteiger partial charge in [-0.15, -0.1) is 23.2 Å². The van der Waals surface area contributed by atoms with E-state index in [4.69, 9.17) is 32.7 Å². The minimum atomic E-state index is -1.13. The minimum absolute atomic E-state index is 0.205. The Bertz CT molecular complexity index is 690. The Morgan fingerprint density at radius 2 is 1.90 bits per heavy atom. The van der Waals surface area contributed by atoms with E-state index in [1.807, 2.05) is 30.3 Å². The van der Waals surface area contributed by atoms with Crippen LogP contribution in [0, 0.1) is 5.92 Å². The zero-order valence-corrected chi connectivity index (χ0v) is 19.6. The number of aliphatic hydroxyl groups excluding tert-OH is 1. The normalized spacial score (nSPS) is 26.8. The van der Waals surface area contributed by atoms with Gasteiger partial charge in [-0.3, -0.25) is 4.79 Å². The first-order valence-corrected chi connectivity index (χ1v) is 11.8. The van der Waals surface area contributed by atoms with E-state index >= 15 is 0 Å². The van der Waals surface area contributed by atoms with Crippen LogP contribution in [-0.4, -0.2) is 59.2 Å². The maximum atomic E-state index is 13.0. The van der Waals surface area contributed by atoms with Gasteiger partial charge in [0.2, 0.25) is 5.91 Å². The zero-order valence-electron chi connectivity index (χ0n) is 18.1. The number of carbonyl (C=O) groups is 2. The standard InChI is InChI=1S/C23H33Cl2NO5/c1-3-5-9-12-31-21-17(24)14-16(20(27)19(21)25)22(28)26-18(23(29)30-4-2)13-15-10-7-6-8-11-15/h6-8,10-11,16-21,27H,3-5,9,12-14H2,1-2H3,(H,26,28)/t16?,17?,18-,19?,20?,21?/m0/s1. The number of nitrogens with one attached hydrogen (secondary N) is 1. The van der Waals surface area contributed by atoms with E-state index in [0.29, 0.717) is 6.61 Å². The lowest BCUT2D eigenvalue weighted by atomic mass is 9.83. The molecule has 1 fully saturated rings. The van der Waals surface area contributed by atoms with E-state index in [-0.39, 0.29) is 19.4 Å². The van der Waals surface area contributed by atoms with Crippen LogP contribution in [-0.2, 0) is 25.5 Å². The van der Waals surface area contributed by atoms with Crippen molar-refractivity contribution in [2.24, 2.45) is 5.92 Å². The number of halogens is 2. The van der Waals surface area contributed by atoms with Crippen molar-refractivity contribution in [2.75, 3.05) is 13.2 Å². The van der Waals surface area contributed by atoms with E-state index in [1.54, 1.807) is 6.92 Å². The van der Waals surface area contributed by atoms with Crippen LogP contribution in [0.25, 0.3) is 0 Å². The summed E-state index contributed by atoms with van der Waals surface area (Å²) in [6.07, 6.45) is 1.82. The minimum Gasteiger partial charge on any atom is -0.464 e. The third-order valence-electron chi connectivity index (χ3n) is 5.45. The van der Waals surface area contributed by atoms with Crippen LogP contribution in [0.15, 0.2) is 30.3 Å². The highest BCUT2D eigenvalue weighted by atomic mass is 35.5. The van der Waals surface area contributed by atoms with Crippen LogP contribution in [0.1, 0.15) is 45.1 Å². The van der Waals surface area contributed by atoms with Gasteiger partial charge in [0.25, 0.3) is 0 Å². The van der Waals surface area contributed by atoms with E-state index < -0.39 is 46.8 Å². The molecule has 174 valence electrons. The van der Waals surface area contributed by atoms with Crippen molar-refractivity contribution in [3.8, 4) is 0 Å². The van der Waals surface area contributed by atoms with Gasteiger partial charge in [0.15, 0.2) is 0 Å². The highest BCUT2D eigenvalue weighted by Crippen LogP contribution is 2.34. The molecule has 0 aliphatic heterocycles. The number of hydrogen-bond acceptors (Lipinski definition) is 5. The summed E-state index contributed by atoms with van der Waals surface area (Å²) in [5.74, 6) is -1.83. The van der Waals surface area contributed by atoms with Crippen molar-refractivity contribution in [3.05, 3.63) is 35.9 Å². The molecule has 1 aromatic rings. The molecule has 2 N–H and O–H groups in total. The second-order valence-corrected chi connectivity index (χ2v) is 8.90. The molecule has 8 heteroatoms. The third kappa shape index (κ3) is 7.63. The predicted molar refractivity (Wildman–Crippen MR) is 121 cm³/mol. The van der Waals surface area contributed by atoms with Crippen LogP contribution in [0.5, 0.6) is 0 Å². The Kier molecular flexibility index (Phi) is 11.1. The molecule has 0 aromatic heterocycles. The third-order valence-corrected chi connectivity index (χ3v) is 6.39. The van der Waals surface area contributed by atoms with Gasteiger partial charge in [0.1, 0.15) is 6.04 Å². The molecule has 0 spiro atoms. The number of rotatable bonds is 11. The average molecular weight is 474 g/mol. The molecule has 6 nitrogen and oxygen atoms in total. The number of carbonyl (C=O) groups excluding carboxylic acids is 2. The average Bonchev–Trinajstić information content (AvgIpc) is 2.76. The fourth-order valence-electron chi connectivity index (χ4n) is 3.73. The van der Waals surface area contributed by atoms with Crippen LogP contribution in [0.2, 0.25) is 0 Å². The topological polar surface area (TPSA) is 84.9 Å². The Labute approximate surface area is 194 Å². The number of hydrogen-bond donors (Lipinski definition) is 2. The molecular formula is C23H33Cl2NO5. The molecule has 1 aliphatic carbocycles. The number of ether oxygens (including phenoxy) is 2. The lowest BCUT2D eigenvalue weighted by molar-refractivity contribution is -0.149. The zero-order chi connectivity index (χ0) is 22.8. The Morgan fingerprint density at radius 3 is 2.55 bits per heavy atom. The summed E-state index contributed by atoms with van der Waals surface area (Å²) in [4.78, 5) is 25.4. The number of esters is 1. The second kappa shape index (κ2) is 13.3. The molecular weight excluding hydrogens is 441 g/mol. The van der Waals surface area contributed by atoms with Gasteiger partial charge in [0, 0.05) is 13.0 Å². The lowest BCUT2D eigenvalue weighted by Crippen LogP contribution is -2.56. The number of unbranched alkanes of at least 4 members (excludes halogenated alkanes) is 2. The molecule has 1 amide bonds. The van der Waals surface area contributed by atoms with E-state index in [0.717, 1.165) is 24.8 Å². The molecule has 2 rings (SSSR count). The fourth-order valence-corrected chi connectivity index (χ4v) is 4.65. The first-order chi connectivity index (χ1) is 14.9. The summed E-state index contributed by atoms with van der Waals surface area (Å²) in [5.41, 5.74) is 0.885. The highest BCUT2D eigenvalue weighted by molar-refractivity contribution is 6.25. The van der Waals surface area contributed by atoms with E-state index in [1.165, 1.54) is 0 Å². The first kappa shape index (κ1) is 25.9. The maximum Gasteiger partial charge on any atom is 0.328 e. The number of alkyl halides is 2. The lowest BCUT2D eigenvalue weighted by Gasteiger charge is -2.39. The van der Waals surface area contributed by atoms with Crippen molar-refractivity contribution in [3.63, 3.8) is 0 Å². The summed E-state index contributed by atoms with van der Waals surface area (Å²) in [6.45, 7) is 4.53. The van der Waals surface area contributed by atoms with Gasteiger partial charge in [-0.25, -0.2) is 4.79 Å². The predicted octanol–water partition coefficient (Wildman–Crippen LogP) is 3.45. The molecule has 1 aliphatic rings.